The van der Waals surface area contributed by atoms with E-state index in [9.17, 15) is 14.4 Å². The van der Waals surface area contributed by atoms with E-state index in [-0.39, 0.29) is 12.0 Å². The number of nitrogens with zero attached hydrogens (tertiary/aromatic N) is 2. The number of carbonyl (C=O) groups is 3. The zero-order chi connectivity index (χ0) is 12.6. The van der Waals surface area contributed by atoms with Gasteiger partial charge in [-0.1, -0.05) is 0 Å². The quantitative estimate of drug-likeness (QED) is 0.700. The van der Waals surface area contributed by atoms with Crippen molar-refractivity contribution in [2.24, 2.45) is 0 Å². The molecule has 0 aromatic heterocycles. The Labute approximate surface area is 99.9 Å². The molecular formula is C11H17N3O3. The molecule has 4 amide bonds. The zero-order valence-corrected chi connectivity index (χ0v) is 10.2. The van der Waals surface area contributed by atoms with E-state index in [0.29, 0.717) is 6.54 Å². The molecule has 2 rings (SSSR count). The number of urea groups is 1. The van der Waals surface area contributed by atoms with Crippen LogP contribution in [-0.2, 0) is 9.59 Å². The summed E-state index contributed by atoms with van der Waals surface area (Å²) in [5.41, 5.74) is -0.104. The minimum atomic E-state index is -0.584. The molecule has 6 nitrogen and oxygen atoms in total. The smallest absolute Gasteiger partial charge is 0.302 e. The highest BCUT2D eigenvalue weighted by atomic mass is 16.2. The van der Waals surface area contributed by atoms with Crippen molar-refractivity contribution in [3.8, 4) is 0 Å². The first-order valence-electron chi connectivity index (χ1n) is 5.76. The lowest BCUT2D eigenvalue weighted by molar-refractivity contribution is -0.138. The summed E-state index contributed by atoms with van der Waals surface area (Å²) < 4.78 is 0. The van der Waals surface area contributed by atoms with Crippen molar-refractivity contribution in [1.29, 1.82) is 0 Å². The van der Waals surface area contributed by atoms with Crippen LogP contribution in [0, 0.1) is 0 Å². The first-order chi connectivity index (χ1) is 7.94. The molecule has 1 N–H and O–H groups in total. The number of barbiturate groups is 1. The van der Waals surface area contributed by atoms with Crippen LogP contribution in [0.5, 0.6) is 0 Å². The fraction of sp³-hybridized carbons (Fsp3) is 0.727. The number of carbonyl (C=O) groups excluding carboxylic acids is 3. The number of hydrogen-bond donors (Lipinski definition) is 1. The van der Waals surface area contributed by atoms with Gasteiger partial charge in [0, 0.05) is 12.1 Å². The molecule has 0 aromatic carbocycles. The minimum absolute atomic E-state index is 0.104. The third-order valence-electron chi connectivity index (χ3n) is 3.79. The van der Waals surface area contributed by atoms with E-state index in [1.807, 2.05) is 14.1 Å². The van der Waals surface area contributed by atoms with Crippen molar-refractivity contribution < 1.29 is 14.4 Å². The topological polar surface area (TPSA) is 69.7 Å². The van der Waals surface area contributed by atoms with Crippen LogP contribution in [0.15, 0.2) is 0 Å². The van der Waals surface area contributed by atoms with Crippen molar-refractivity contribution in [3.05, 3.63) is 0 Å². The summed E-state index contributed by atoms with van der Waals surface area (Å²) in [5, 5.41) is 2.18. The normalized spacial score (nSPS) is 23.7. The maximum absolute atomic E-state index is 11.7. The summed E-state index contributed by atoms with van der Waals surface area (Å²) in [6, 6.07) is -0.584. The van der Waals surface area contributed by atoms with Crippen molar-refractivity contribution >= 4 is 17.8 Å². The van der Waals surface area contributed by atoms with Gasteiger partial charge in [-0.05, 0) is 33.4 Å². The molecule has 0 atom stereocenters. The predicted octanol–water partition coefficient (Wildman–Crippen LogP) is -0.0608. The molecule has 6 heteroatoms. The van der Waals surface area contributed by atoms with Gasteiger partial charge in [0.15, 0.2) is 0 Å². The average Bonchev–Trinajstić information content (AvgIpc) is 2.13. The molecule has 2 fully saturated rings. The van der Waals surface area contributed by atoms with E-state index in [0.717, 1.165) is 19.3 Å². The van der Waals surface area contributed by atoms with E-state index in [1.165, 1.54) is 4.90 Å². The van der Waals surface area contributed by atoms with Gasteiger partial charge in [0.05, 0.1) is 0 Å². The summed E-state index contributed by atoms with van der Waals surface area (Å²) in [4.78, 5) is 37.5. The van der Waals surface area contributed by atoms with Crippen LogP contribution in [0.1, 0.15) is 25.7 Å². The molecule has 0 aromatic rings. The molecule has 1 saturated carbocycles. The summed E-state index contributed by atoms with van der Waals surface area (Å²) >= 11 is 0. The molecule has 0 bridgehead atoms. The molecule has 2 aliphatic rings. The largest absolute Gasteiger partial charge is 0.330 e. The van der Waals surface area contributed by atoms with Gasteiger partial charge in [-0.25, -0.2) is 4.79 Å². The Morgan fingerprint density at radius 3 is 2.35 bits per heavy atom. The number of amides is 4. The van der Waals surface area contributed by atoms with Crippen LogP contribution in [0.4, 0.5) is 4.79 Å². The maximum atomic E-state index is 11.7. The first-order valence-corrected chi connectivity index (χ1v) is 5.76. The van der Waals surface area contributed by atoms with Gasteiger partial charge < -0.3 is 4.90 Å². The lowest BCUT2D eigenvalue weighted by Crippen LogP contribution is -2.63. The van der Waals surface area contributed by atoms with E-state index < -0.39 is 17.8 Å². The number of rotatable bonds is 3. The average molecular weight is 239 g/mol. The van der Waals surface area contributed by atoms with Gasteiger partial charge >= 0.3 is 6.03 Å². The molecule has 17 heavy (non-hydrogen) atoms. The SMILES string of the molecule is CN(C)C1(CN2C(=O)CC(=O)NC2=O)CCC1. The van der Waals surface area contributed by atoms with Gasteiger partial charge in [-0.2, -0.15) is 0 Å². The van der Waals surface area contributed by atoms with Crippen molar-refractivity contribution in [3.63, 3.8) is 0 Å². The zero-order valence-electron chi connectivity index (χ0n) is 10.2. The Morgan fingerprint density at radius 1 is 1.29 bits per heavy atom. The predicted molar refractivity (Wildman–Crippen MR) is 60.1 cm³/mol. The highest BCUT2D eigenvalue weighted by Crippen LogP contribution is 2.37. The van der Waals surface area contributed by atoms with Gasteiger partial charge in [-0.3, -0.25) is 19.8 Å². The first kappa shape index (κ1) is 12.0. The summed E-state index contributed by atoms with van der Waals surface area (Å²) in [6.45, 7) is 0.373. The number of nitrogens with one attached hydrogen (secondary N) is 1. The number of likely N-dealkylation sites (N-methyl/N-ethyl adjacent to an activating group) is 1. The lowest BCUT2D eigenvalue weighted by Gasteiger charge is -2.49. The van der Waals surface area contributed by atoms with Crippen LogP contribution in [0.25, 0.3) is 0 Å². The molecule has 1 aliphatic carbocycles. The monoisotopic (exact) mass is 239 g/mol. The Balaban J connectivity index is 2.09. The van der Waals surface area contributed by atoms with Crippen LogP contribution < -0.4 is 5.32 Å². The van der Waals surface area contributed by atoms with Crippen LogP contribution >= 0.6 is 0 Å². The van der Waals surface area contributed by atoms with Gasteiger partial charge in [-0.15, -0.1) is 0 Å². The van der Waals surface area contributed by atoms with Gasteiger partial charge in [0.1, 0.15) is 6.42 Å². The van der Waals surface area contributed by atoms with Crippen molar-refractivity contribution in [1.82, 2.24) is 15.1 Å². The fourth-order valence-corrected chi connectivity index (χ4v) is 2.36. The van der Waals surface area contributed by atoms with Crippen molar-refractivity contribution in [2.75, 3.05) is 20.6 Å². The molecule has 94 valence electrons. The summed E-state index contributed by atoms with van der Waals surface area (Å²) in [6.07, 6.45) is 2.84. The van der Waals surface area contributed by atoms with E-state index in [2.05, 4.69) is 10.2 Å². The molecule has 0 spiro atoms. The van der Waals surface area contributed by atoms with Crippen molar-refractivity contribution in [2.45, 2.75) is 31.2 Å². The standard InChI is InChI=1S/C11H17N3O3/c1-13(2)11(4-3-5-11)7-14-9(16)6-8(15)12-10(14)17/h3-7H2,1-2H3,(H,12,15,17). The molecule has 0 radical (unpaired) electrons. The fourth-order valence-electron chi connectivity index (χ4n) is 2.36. The van der Waals surface area contributed by atoms with E-state index in [4.69, 9.17) is 0 Å². The van der Waals surface area contributed by atoms with E-state index in [1.54, 1.807) is 0 Å². The third kappa shape index (κ3) is 2.04. The molecule has 0 unspecified atom stereocenters. The molecule has 1 saturated heterocycles. The van der Waals surface area contributed by atoms with Gasteiger partial charge in [0.25, 0.3) is 0 Å². The minimum Gasteiger partial charge on any atom is -0.302 e. The van der Waals surface area contributed by atoms with Gasteiger partial charge in [0.2, 0.25) is 11.8 Å². The Kier molecular flexibility index (Phi) is 2.91. The number of hydrogen-bond acceptors (Lipinski definition) is 4. The lowest BCUT2D eigenvalue weighted by atomic mass is 9.75. The summed E-state index contributed by atoms with van der Waals surface area (Å²) in [5.74, 6) is -0.907. The third-order valence-corrected chi connectivity index (χ3v) is 3.79. The summed E-state index contributed by atoms with van der Waals surface area (Å²) in [7, 11) is 3.91. The number of imide groups is 2. The second-order valence-electron chi connectivity index (χ2n) is 4.98. The van der Waals surface area contributed by atoms with Crippen LogP contribution in [-0.4, -0.2) is 53.8 Å². The highest BCUT2D eigenvalue weighted by molar-refractivity contribution is 6.14. The van der Waals surface area contributed by atoms with E-state index >= 15 is 0 Å². The Morgan fingerprint density at radius 2 is 1.94 bits per heavy atom. The highest BCUT2D eigenvalue weighted by Gasteiger charge is 2.44. The Hall–Kier alpha value is -1.43. The van der Waals surface area contributed by atoms with Crippen LogP contribution in [0.3, 0.4) is 0 Å². The molecular weight excluding hydrogens is 222 g/mol. The second kappa shape index (κ2) is 4.10. The van der Waals surface area contributed by atoms with Crippen LogP contribution in [0.2, 0.25) is 0 Å². The Bertz CT molecular complexity index is 354. The molecule has 1 aliphatic heterocycles. The molecule has 1 heterocycles. The second-order valence-corrected chi connectivity index (χ2v) is 4.98. The maximum Gasteiger partial charge on any atom is 0.330 e.